The third-order valence-corrected chi connectivity index (χ3v) is 5.17. The van der Waals surface area contributed by atoms with Gasteiger partial charge in [0.2, 0.25) is 5.75 Å². The Labute approximate surface area is 181 Å². The number of halogens is 2. The zero-order valence-corrected chi connectivity index (χ0v) is 18.0. The molecule has 0 saturated heterocycles. The van der Waals surface area contributed by atoms with Gasteiger partial charge in [0.05, 0.1) is 37.7 Å². The van der Waals surface area contributed by atoms with Crippen molar-refractivity contribution in [2.75, 3.05) is 32.0 Å². The number of thiazole rings is 1. The highest BCUT2D eigenvalue weighted by molar-refractivity contribution is 7.14. The zero-order valence-electron chi connectivity index (χ0n) is 15.7. The number of urea groups is 1. The number of nitrogens with zero attached hydrogens (tertiary/aromatic N) is 1. The maximum absolute atomic E-state index is 12.4. The van der Waals surface area contributed by atoms with Gasteiger partial charge >= 0.3 is 6.03 Å². The first-order valence-corrected chi connectivity index (χ1v) is 9.87. The zero-order chi connectivity index (χ0) is 21.0. The predicted molar refractivity (Wildman–Crippen MR) is 116 cm³/mol. The van der Waals surface area contributed by atoms with Crippen LogP contribution in [0.3, 0.4) is 0 Å². The van der Waals surface area contributed by atoms with Crippen LogP contribution < -0.4 is 24.8 Å². The summed E-state index contributed by atoms with van der Waals surface area (Å²) < 4.78 is 15.8. The smallest absolute Gasteiger partial charge is 0.325 e. The summed E-state index contributed by atoms with van der Waals surface area (Å²) in [5.41, 5.74) is 1.77. The summed E-state index contributed by atoms with van der Waals surface area (Å²) >= 11 is 13.5. The van der Waals surface area contributed by atoms with Crippen molar-refractivity contribution in [3.05, 3.63) is 45.8 Å². The number of hydrogen-bond acceptors (Lipinski definition) is 6. The second-order valence-corrected chi connectivity index (χ2v) is 7.36. The van der Waals surface area contributed by atoms with Gasteiger partial charge in [-0.3, -0.25) is 5.32 Å². The van der Waals surface area contributed by atoms with E-state index in [-0.39, 0.29) is 0 Å². The molecule has 2 aromatic carbocycles. The van der Waals surface area contributed by atoms with Crippen LogP contribution >= 0.6 is 34.5 Å². The Morgan fingerprint density at radius 3 is 2.31 bits per heavy atom. The summed E-state index contributed by atoms with van der Waals surface area (Å²) in [5, 5.41) is 8.66. The summed E-state index contributed by atoms with van der Waals surface area (Å²) in [6, 6.07) is 7.89. The molecule has 0 saturated carbocycles. The SMILES string of the molecule is COc1cc(NC(=O)Nc2nc(-c3cc(Cl)ccc3Cl)cs2)cc(OC)c1OC. The maximum Gasteiger partial charge on any atom is 0.325 e. The topological polar surface area (TPSA) is 81.7 Å². The molecule has 10 heteroatoms. The highest BCUT2D eigenvalue weighted by atomic mass is 35.5. The second-order valence-electron chi connectivity index (χ2n) is 5.66. The molecule has 0 spiro atoms. The first kappa shape index (κ1) is 21.0. The minimum absolute atomic E-state index is 0.404. The number of anilines is 2. The van der Waals surface area contributed by atoms with Crippen molar-refractivity contribution < 1.29 is 19.0 Å². The molecule has 29 heavy (non-hydrogen) atoms. The van der Waals surface area contributed by atoms with E-state index in [4.69, 9.17) is 37.4 Å². The summed E-state index contributed by atoms with van der Waals surface area (Å²) in [5.74, 6) is 1.28. The number of carbonyl (C=O) groups excluding carboxylic acids is 1. The molecular weight excluding hydrogens is 437 g/mol. The summed E-state index contributed by atoms with van der Waals surface area (Å²) in [6.07, 6.45) is 0. The van der Waals surface area contributed by atoms with Gasteiger partial charge in [0, 0.05) is 28.1 Å². The van der Waals surface area contributed by atoms with E-state index in [0.29, 0.717) is 49.4 Å². The van der Waals surface area contributed by atoms with Crippen LogP contribution in [0.25, 0.3) is 11.3 Å². The van der Waals surface area contributed by atoms with Gasteiger partial charge in [-0.25, -0.2) is 9.78 Å². The van der Waals surface area contributed by atoms with E-state index in [9.17, 15) is 4.79 Å². The number of benzene rings is 2. The number of ether oxygens (including phenoxy) is 3. The van der Waals surface area contributed by atoms with Crippen LogP contribution in [0.5, 0.6) is 17.2 Å². The summed E-state index contributed by atoms with van der Waals surface area (Å²) in [7, 11) is 4.50. The van der Waals surface area contributed by atoms with Gasteiger partial charge in [-0.05, 0) is 18.2 Å². The van der Waals surface area contributed by atoms with Gasteiger partial charge in [-0.15, -0.1) is 11.3 Å². The van der Waals surface area contributed by atoms with Gasteiger partial charge in [-0.2, -0.15) is 0 Å². The normalized spacial score (nSPS) is 10.4. The Bertz CT molecular complexity index is 1020. The molecule has 2 amide bonds. The largest absolute Gasteiger partial charge is 0.493 e. The van der Waals surface area contributed by atoms with E-state index in [1.54, 1.807) is 35.7 Å². The number of amides is 2. The fourth-order valence-electron chi connectivity index (χ4n) is 2.56. The van der Waals surface area contributed by atoms with Crippen molar-refractivity contribution in [1.82, 2.24) is 4.98 Å². The molecule has 0 fully saturated rings. The first-order chi connectivity index (χ1) is 13.9. The third kappa shape index (κ3) is 4.84. The Hall–Kier alpha value is -2.68. The highest BCUT2D eigenvalue weighted by Gasteiger charge is 2.15. The van der Waals surface area contributed by atoms with Crippen molar-refractivity contribution in [3.63, 3.8) is 0 Å². The van der Waals surface area contributed by atoms with E-state index >= 15 is 0 Å². The van der Waals surface area contributed by atoms with E-state index < -0.39 is 6.03 Å². The molecule has 0 unspecified atom stereocenters. The lowest BCUT2D eigenvalue weighted by molar-refractivity contribution is 0.262. The molecule has 0 aliphatic heterocycles. The van der Waals surface area contributed by atoms with Crippen LogP contribution in [0, 0.1) is 0 Å². The highest BCUT2D eigenvalue weighted by Crippen LogP contribution is 2.40. The lowest BCUT2D eigenvalue weighted by Gasteiger charge is -2.14. The minimum Gasteiger partial charge on any atom is -0.493 e. The standard InChI is InChI=1S/C19H17Cl2N3O4S/c1-26-15-7-11(8-16(27-2)17(15)28-3)22-18(25)24-19-23-14(9-29-19)12-6-10(20)4-5-13(12)21/h4-9H,1-3H3,(H2,22,23,24,25). The molecule has 1 heterocycles. The van der Waals surface area contributed by atoms with Crippen molar-refractivity contribution in [2.24, 2.45) is 0 Å². The van der Waals surface area contributed by atoms with Crippen LogP contribution in [-0.4, -0.2) is 32.3 Å². The van der Waals surface area contributed by atoms with E-state index in [1.165, 1.54) is 32.7 Å². The molecule has 0 aliphatic rings. The predicted octanol–water partition coefficient (Wildman–Crippen LogP) is 5.79. The molecule has 3 rings (SSSR count). The molecule has 0 atom stereocenters. The van der Waals surface area contributed by atoms with Gasteiger partial charge in [0.15, 0.2) is 16.6 Å². The lowest BCUT2D eigenvalue weighted by Crippen LogP contribution is -2.19. The maximum atomic E-state index is 12.4. The molecule has 1 aromatic heterocycles. The lowest BCUT2D eigenvalue weighted by atomic mass is 10.2. The second kappa shape index (κ2) is 9.21. The van der Waals surface area contributed by atoms with Crippen LogP contribution in [0.15, 0.2) is 35.7 Å². The monoisotopic (exact) mass is 453 g/mol. The van der Waals surface area contributed by atoms with Gasteiger partial charge in [0.1, 0.15) is 0 Å². The van der Waals surface area contributed by atoms with Crippen molar-refractivity contribution >= 4 is 51.4 Å². The van der Waals surface area contributed by atoms with Gasteiger partial charge in [-0.1, -0.05) is 23.2 Å². The Morgan fingerprint density at radius 1 is 1.00 bits per heavy atom. The molecular formula is C19H17Cl2N3O4S. The molecule has 0 radical (unpaired) electrons. The van der Waals surface area contributed by atoms with Crippen LogP contribution in [0.4, 0.5) is 15.6 Å². The fraction of sp³-hybridized carbons (Fsp3) is 0.158. The average Bonchev–Trinajstić information content (AvgIpc) is 3.16. The molecule has 152 valence electrons. The fourth-order valence-corrected chi connectivity index (χ4v) is 3.65. The molecule has 7 nitrogen and oxygen atoms in total. The first-order valence-electron chi connectivity index (χ1n) is 8.24. The Morgan fingerprint density at radius 2 is 1.69 bits per heavy atom. The number of nitrogens with one attached hydrogen (secondary N) is 2. The van der Waals surface area contributed by atoms with Gasteiger partial charge in [0.25, 0.3) is 0 Å². The van der Waals surface area contributed by atoms with Crippen LogP contribution in [0.2, 0.25) is 10.0 Å². The molecule has 2 N–H and O–H groups in total. The third-order valence-electron chi connectivity index (χ3n) is 3.85. The van der Waals surface area contributed by atoms with Crippen molar-refractivity contribution in [2.45, 2.75) is 0 Å². The summed E-state index contributed by atoms with van der Waals surface area (Å²) in [6.45, 7) is 0. The Kier molecular flexibility index (Phi) is 6.68. The number of rotatable bonds is 6. The number of aromatic nitrogens is 1. The minimum atomic E-state index is -0.475. The molecule has 0 aliphatic carbocycles. The quantitative estimate of drug-likeness (QED) is 0.493. The average molecular weight is 454 g/mol. The number of carbonyl (C=O) groups is 1. The molecule has 3 aromatic rings. The van der Waals surface area contributed by atoms with Crippen LogP contribution in [-0.2, 0) is 0 Å². The van der Waals surface area contributed by atoms with Crippen molar-refractivity contribution in [3.8, 4) is 28.5 Å². The summed E-state index contributed by atoms with van der Waals surface area (Å²) in [4.78, 5) is 16.8. The molecule has 0 bridgehead atoms. The van der Waals surface area contributed by atoms with Crippen LogP contribution in [0.1, 0.15) is 0 Å². The van der Waals surface area contributed by atoms with E-state index in [0.717, 1.165) is 0 Å². The number of hydrogen-bond donors (Lipinski definition) is 2. The Balaban J connectivity index is 1.75. The van der Waals surface area contributed by atoms with Gasteiger partial charge < -0.3 is 19.5 Å². The van der Waals surface area contributed by atoms with E-state index in [2.05, 4.69) is 15.6 Å². The van der Waals surface area contributed by atoms with Crippen molar-refractivity contribution in [1.29, 1.82) is 0 Å². The number of methoxy groups -OCH3 is 3. The van der Waals surface area contributed by atoms with E-state index in [1.807, 2.05) is 0 Å².